The van der Waals surface area contributed by atoms with Gasteiger partial charge in [0.15, 0.2) is 5.78 Å². The standard InChI is InChI=1S/C29H35N5O5S/c1-32-13-15-33(16-14-32)27(36)10-8-20-25(30-24-5-4-6-26(35)28(20)24)18-22-21-17-19(7-9-23(21)31-29(22)37)40(38,39)34-11-2-3-12-34/h7,9,17-18,30H,2-6,8,10-16H2,1H3,(H,31,37)/b22-18-. The van der Waals surface area contributed by atoms with Crippen LogP contribution in [0.15, 0.2) is 23.1 Å². The van der Waals surface area contributed by atoms with Crippen molar-refractivity contribution in [2.24, 2.45) is 0 Å². The van der Waals surface area contributed by atoms with E-state index in [9.17, 15) is 22.8 Å². The molecule has 212 valence electrons. The average molecular weight is 566 g/mol. The second kappa shape index (κ2) is 10.6. The maximum absolute atomic E-state index is 13.2. The molecule has 0 unspecified atom stereocenters. The quantitative estimate of drug-likeness (QED) is 0.519. The Morgan fingerprint density at radius 2 is 1.75 bits per heavy atom. The number of carbonyl (C=O) groups excluding carboxylic acids is 3. The predicted octanol–water partition coefficient (Wildman–Crippen LogP) is 2.52. The molecule has 3 aliphatic heterocycles. The molecule has 0 radical (unpaired) electrons. The van der Waals surface area contributed by atoms with Gasteiger partial charge in [0.2, 0.25) is 15.9 Å². The van der Waals surface area contributed by atoms with Crippen molar-refractivity contribution in [1.82, 2.24) is 19.1 Å². The number of H-pyrrole nitrogens is 1. The van der Waals surface area contributed by atoms with Crippen molar-refractivity contribution in [3.8, 4) is 0 Å². The minimum atomic E-state index is -3.65. The number of aromatic nitrogens is 1. The van der Waals surface area contributed by atoms with Gasteiger partial charge in [-0.3, -0.25) is 14.4 Å². The monoisotopic (exact) mass is 565 g/mol. The minimum Gasteiger partial charge on any atom is -0.358 e. The van der Waals surface area contributed by atoms with E-state index < -0.39 is 10.0 Å². The van der Waals surface area contributed by atoms with Gasteiger partial charge in [-0.25, -0.2) is 8.42 Å². The summed E-state index contributed by atoms with van der Waals surface area (Å²) in [7, 11) is -1.61. The predicted molar refractivity (Wildman–Crippen MR) is 151 cm³/mol. The highest BCUT2D eigenvalue weighted by Gasteiger charge is 2.32. The summed E-state index contributed by atoms with van der Waals surface area (Å²) in [5, 5.41) is 2.84. The Kier molecular flexibility index (Phi) is 7.14. The number of hydrogen-bond acceptors (Lipinski definition) is 6. The van der Waals surface area contributed by atoms with E-state index >= 15 is 0 Å². The summed E-state index contributed by atoms with van der Waals surface area (Å²) in [4.78, 5) is 46.7. The van der Waals surface area contributed by atoms with Crippen LogP contribution in [0, 0.1) is 0 Å². The molecule has 4 aliphatic rings. The van der Waals surface area contributed by atoms with Crippen LogP contribution in [0.4, 0.5) is 5.69 Å². The lowest BCUT2D eigenvalue weighted by Crippen LogP contribution is -2.47. The number of benzene rings is 1. The van der Waals surface area contributed by atoms with E-state index in [1.165, 1.54) is 10.4 Å². The number of Topliss-reactive ketones (excluding diaryl/α,β-unsaturated/α-hetero) is 1. The molecule has 1 aromatic heterocycles. The molecule has 6 rings (SSSR count). The molecule has 2 fully saturated rings. The molecule has 1 aliphatic carbocycles. The number of amides is 2. The zero-order valence-electron chi connectivity index (χ0n) is 22.8. The van der Waals surface area contributed by atoms with Crippen molar-refractivity contribution >= 4 is 45.0 Å². The van der Waals surface area contributed by atoms with E-state index in [1.54, 1.807) is 18.2 Å². The summed E-state index contributed by atoms with van der Waals surface area (Å²) in [6.45, 7) is 4.05. The molecule has 2 saturated heterocycles. The number of piperazine rings is 1. The Morgan fingerprint density at radius 3 is 2.50 bits per heavy atom. The van der Waals surface area contributed by atoms with Gasteiger partial charge in [-0.1, -0.05) is 0 Å². The third-order valence-corrected chi connectivity index (χ3v) is 10.4. The lowest BCUT2D eigenvalue weighted by molar-refractivity contribution is -0.132. The molecule has 2 amide bonds. The molecule has 0 saturated carbocycles. The molecule has 0 bridgehead atoms. The topological polar surface area (TPSA) is 123 Å². The van der Waals surface area contributed by atoms with Gasteiger partial charge in [-0.2, -0.15) is 4.31 Å². The third-order valence-electron chi connectivity index (χ3n) is 8.53. The molecule has 4 heterocycles. The van der Waals surface area contributed by atoms with Gasteiger partial charge in [0.1, 0.15) is 0 Å². The zero-order valence-corrected chi connectivity index (χ0v) is 23.6. The van der Waals surface area contributed by atoms with Crippen LogP contribution in [0.1, 0.15) is 65.0 Å². The van der Waals surface area contributed by atoms with Crippen LogP contribution < -0.4 is 5.32 Å². The molecular formula is C29H35N5O5S. The van der Waals surface area contributed by atoms with Gasteiger partial charge >= 0.3 is 0 Å². The van der Waals surface area contributed by atoms with Crippen LogP contribution >= 0.6 is 0 Å². The average Bonchev–Trinajstić information content (AvgIpc) is 3.67. The van der Waals surface area contributed by atoms with E-state index in [2.05, 4.69) is 15.2 Å². The largest absolute Gasteiger partial charge is 0.358 e. The number of sulfonamides is 1. The third kappa shape index (κ3) is 4.90. The maximum Gasteiger partial charge on any atom is 0.256 e. The molecule has 40 heavy (non-hydrogen) atoms. The maximum atomic E-state index is 13.2. The summed E-state index contributed by atoms with van der Waals surface area (Å²) < 4.78 is 27.9. The first-order chi connectivity index (χ1) is 19.2. The highest BCUT2D eigenvalue weighted by molar-refractivity contribution is 7.89. The minimum absolute atomic E-state index is 0.0551. The molecule has 11 heteroatoms. The lowest BCUT2D eigenvalue weighted by atomic mass is 9.91. The van der Waals surface area contributed by atoms with Crippen LogP contribution in [0.3, 0.4) is 0 Å². The normalized spacial score (nSPS) is 21.1. The fourth-order valence-electron chi connectivity index (χ4n) is 6.21. The first-order valence-electron chi connectivity index (χ1n) is 14.1. The fraction of sp³-hybridized carbons (Fsp3) is 0.483. The van der Waals surface area contributed by atoms with Gasteiger partial charge in [-0.15, -0.1) is 0 Å². The summed E-state index contributed by atoms with van der Waals surface area (Å²) in [5.41, 5.74) is 4.29. The van der Waals surface area contributed by atoms with Gasteiger partial charge in [-0.05, 0) is 69.0 Å². The van der Waals surface area contributed by atoms with Crippen molar-refractivity contribution in [3.63, 3.8) is 0 Å². The van der Waals surface area contributed by atoms with Crippen molar-refractivity contribution in [3.05, 3.63) is 46.3 Å². The summed E-state index contributed by atoms with van der Waals surface area (Å²) in [6.07, 6.45) is 6.00. The van der Waals surface area contributed by atoms with Crippen LogP contribution in [-0.2, 0) is 32.5 Å². The number of ketones is 1. The van der Waals surface area contributed by atoms with E-state index in [4.69, 9.17) is 0 Å². The van der Waals surface area contributed by atoms with Crippen LogP contribution in [-0.4, -0.2) is 91.4 Å². The van der Waals surface area contributed by atoms with E-state index in [-0.39, 0.29) is 28.9 Å². The number of aromatic amines is 1. The Labute approximate surface area is 234 Å². The van der Waals surface area contributed by atoms with Gasteiger partial charge in [0.05, 0.1) is 10.5 Å². The highest BCUT2D eigenvalue weighted by atomic mass is 32.2. The van der Waals surface area contributed by atoms with Crippen molar-refractivity contribution in [2.45, 2.75) is 49.8 Å². The van der Waals surface area contributed by atoms with Crippen LogP contribution in [0.2, 0.25) is 0 Å². The number of aryl methyl sites for hydroxylation is 1. The first-order valence-corrected chi connectivity index (χ1v) is 15.6. The molecule has 2 N–H and O–H groups in total. The molecule has 0 atom stereocenters. The summed E-state index contributed by atoms with van der Waals surface area (Å²) in [5.74, 6) is -0.214. The Hall–Kier alpha value is -3.28. The van der Waals surface area contributed by atoms with Crippen LogP contribution in [0.25, 0.3) is 11.6 Å². The summed E-state index contributed by atoms with van der Waals surface area (Å²) in [6, 6.07) is 4.74. The number of rotatable bonds is 6. The second-order valence-corrected chi connectivity index (χ2v) is 13.1. The summed E-state index contributed by atoms with van der Waals surface area (Å²) >= 11 is 0. The Morgan fingerprint density at radius 1 is 1.00 bits per heavy atom. The molecule has 10 nitrogen and oxygen atoms in total. The lowest BCUT2D eigenvalue weighted by Gasteiger charge is -2.32. The second-order valence-electron chi connectivity index (χ2n) is 11.2. The van der Waals surface area contributed by atoms with Crippen molar-refractivity contribution in [1.29, 1.82) is 0 Å². The molecule has 1 aromatic carbocycles. The number of likely N-dealkylation sites (N-methyl/N-ethyl adjacent to an activating group) is 1. The van der Waals surface area contributed by atoms with Crippen molar-refractivity contribution in [2.75, 3.05) is 51.6 Å². The number of nitrogens with one attached hydrogen (secondary N) is 2. The van der Waals surface area contributed by atoms with Crippen LogP contribution in [0.5, 0.6) is 0 Å². The number of anilines is 1. The highest BCUT2D eigenvalue weighted by Crippen LogP contribution is 2.37. The van der Waals surface area contributed by atoms with E-state index in [1.807, 2.05) is 11.9 Å². The molecule has 2 aromatic rings. The SMILES string of the molecule is CN1CCN(C(=O)CCc2c(/C=C3\C(=O)Nc4ccc(S(=O)(=O)N5CCCC5)cc43)[nH]c3c2C(=O)CCC3)CC1. The Bertz CT molecular complexity index is 1510. The molecular weight excluding hydrogens is 530 g/mol. The van der Waals surface area contributed by atoms with E-state index in [0.29, 0.717) is 67.1 Å². The number of carbonyl (C=O) groups is 3. The van der Waals surface area contributed by atoms with Gasteiger partial charge in [0.25, 0.3) is 5.91 Å². The first kappa shape index (κ1) is 26.9. The van der Waals surface area contributed by atoms with Gasteiger partial charge in [0, 0.05) is 80.3 Å². The van der Waals surface area contributed by atoms with E-state index in [0.717, 1.165) is 50.0 Å². The van der Waals surface area contributed by atoms with Crippen molar-refractivity contribution < 1.29 is 22.8 Å². The number of hydrogen-bond donors (Lipinski definition) is 2. The fourth-order valence-corrected chi connectivity index (χ4v) is 7.76. The Balaban J connectivity index is 1.34. The van der Waals surface area contributed by atoms with Gasteiger partial charge < -0.3 is 20.1 Å². The number of fused-ring (bicyclic) bond motifs is 2. The smallest absolute Gasteiger partial charge is 0.256 e. The molecule has 0 spiro atoms. The number of nitrogens with zero attached hydrogens (tertiary/aromatic N) is 3. The zero-order chi connectivity index (χ0) is 28.0.